The van der Waals surface area contributed by atoms with Crippen LogP contribution in [-0.4, -0.2) is 14.2 Å². The fourth-order valence-corrected chi connectivity index (χ4v) is 3.03. The predicted octanol–water partition coefficient (Wildman–Crippen LogP) is 5.05. The normalized spacial score (nSPS) is 17.7. The van der Waals surface area contributed by atoms with E-state index in [0.29, 0.717) is 0 Å². The second kappa shape index (κ2) is 5.88. The second-order valence-electron chi connectivity index (χ2n) is 6.13. The van der Waals surface area contributed by atoms with Crippen molar-refractivity contribution in [2.75, 3.05) is 19.1 Å². The van der Waals surface area contributed by atoms with Crippen molar-refractivity contribution in [3.8, 4) is 5.75 Å². The maximum Gasteiger partial charge on any atom is 0.119 e. The first-order valence-electron chi connectivity index (χ1n) is 7.63. The highest BCUT2D eigenvalue weighted by atomic mass is 16.5. The average molecular weight is 307 g/mol. The van der Waals surface area contributed by atoms with E-state index >= 15 is 0 Å². The Balaban J connectivity index is 1.86. The Hall–Kier alpha value is -2.62. The molecule has 0 unspecified atom stereocenters. The molecule has 2 aromatic carbocycles. The molecule has 1 aliphatic rings. The van der Waals surface area contributed by atoms with E-state index in [0.717, 1.165) is 17.1 Å². The standard InChI is InChI=1S/C19H21N3O/c1-19(2)16-7-5-6-8-17(16)22(3)18(19)13-20-21-14-9-11-15(23-4)12-10-14/h5-13H,1-4H3/b18-13+,21-20+. The van der Waals surface area contributed by atoms with E-state index in [1.54, 1.807) is 7.11 Å². The number of azo groups is 1. The number of benzene rings is 2. The van der Waals surface area contributed by atoms with E-state index in [2.05, 4.69) is 60.3 Å². The molecule has 0 aliphatic carbocycles. The second-order valence-corrected chi connectivity index (χ2v) is 6.13. The van der Waals surface area contributed by atoms with Crippen molar-refractivity contribution in [1.29, 1.82) is 0 Å². The number of hydrogen-bond donors (Lipinski definition) is 0. The largest absolute Gasteiger partial charge is 0.497 e. The van der Waals surface area contributed by atoms with Crippen LogP contribution in [0.5, 0.6) is 5.75 Å². The van der Waals surface area contributed by atoms with E-state index in [1.807, 2.05) is 30.5 Å². The van der Waals surface area contributed by atoms with Crippen LogP contribution >= 0.6 is 0 Å². The first kappa shape index (κ1) is 15.3. The molecule has 0 N–H and O–H groups in total. The van der Waals surface area contributed by atoms with Gasteiger partial charge in [0.15, 0.2) is 0 Å². The monoisotopic (exact) mass is 307 g/mol. The molecule has 0 radical (unpaired) electrons. The molecule has 0 bridgehead atoms. The van der Waals surface area contributed by atoms with Crippen molar-refractivity contribution in [1.82, 2.24) is 0 Å². The average Bonchev–Trinajstić information content (AvgIpc) is 2.76. The molecule has 0 atom stereocenters. The van der Waals surface area contributed by atoms with Gasteiger partial charge < -0.3 is 9.64 Å². The molecule has 1 heterocycles. The zero-order chi connectivity index (χ0) is 16.4. The van der Waals surface area contributed by atoms with Crippen molar-refractivity contribution in [3.05, 3.63) is 66.0 Å². The number of anilines is 1. The lowest BCUT2D eigenvalue weighted by molar-refractivity contribution is 0.415. The van der Waals surface area contributed by atoms with Crippen LogP contribution < -0.4 is 9.64 Å². The minimum Gasteiger partial charge on any atom is -0.497 e. The Kier molecular flexibility index (Phi) is 3.90. The summed E-state index contributed by atoms with van der Waals surface area (Å²) in [5.41, 5.74) is 4.40. The molecular formula is C19H21N3O. The number of rotatable bonds is 3. The molecule has 0 amide bonds. The van der Waals surface area contributed by atoms with Crippen LogP contribution in [0.3, 0.4) is 0 Å². The molecule has 4 heteroatoms. The van der Waals surface area contributed by atoms with E-state index in [-0.39, 0.29) is 5.41 Å². The molecule has 23 heavy (non-hydrogen) atoms. The highest BCUT2D eigenvalue weighted by Gasteiger charge is 2.38. The van der Waals surface area contributed by atoms with Crippen molar-refractivity contribution in [2.24, 2.45) is 10.2 Å². The zero-order valence-corrected chi connectivity index (χ0v) is 13.9. The number of fused-ring (bicyclic) bond motifs is 1. The zero-order valence-electron chi connectivity index (χ0n) is 13.9. The molecule has 118 valence electrons. The lowest BCUT2D eigenvalue weighted by Gasteiger charge is -2.22. The molecule has 4 nitrogen and oxygen atoms in total. The third-order valence-electron chi connectivity index (χ3n) is 4.37. The topological polar surface area (TPSA) is 37.2 Å². The van der Waals surface area contributed by atoms with Crippen molar-refractivity contribution in [3.63, 3.8) is 0 Å². The Bertz CT molecular complexity index is 760. The Morgan fingerprint density at radius 1 is 1.04 bits per heavy atom. The number of likely N-dealkylation sites (N-methyl/N-ethyl adjacent to an activating group) is 1. The molecule has 0 saturated heterocycles. The van der Waals surface area contributed by atoms with Gasteiger partial charge >= 0.3 is 0 Å². The van der Waals surface area contributed by atoms with Gasteiger partial charge in [-0.15, -0.1) is 0 Å². The number of ether oxygens (including phenoxy) is 1. The van der Waals surface area contributed by atoms with Gasteiger partial charge in [-0.1, -0.05) is 32.0 Å². The van der Waals surface area contributed by atoms with Gasteiger partial charge in [-0.2, -0.15) is 10.2 Å². The lowest BCUT2D eigenvalue weighted by Crippen LogP contribution is -2.22. The summed E-state index contributed by atoms with van der Waals surface area (Å²) in [4.78, 5) is 2.18. The third kappa shape index (κ3) is 2.72. The molecule has 3 rings (SSSR count). The van der Waals surface area contributed by atoms with Crippen LogP contribution in [0, 0.1) is 0 Å². The van der Waals surface area contributed by atoms with Gasteiger partial charge in [-0.3, -0.25) is 0 Å². The van der Waals surface area contributed by atoms with Crippen molar-refractivity contribution >= 4 is 11.4 Å². The first-order chi connectivity index (χ1) is 11.0. The molecule has 1 aliphatic heterocycles. The maximum absolute atomic E-state index is 5.14. The van der Waals surface area contributed by atoms with E-state index in [9.17, 15) is 0 Å². The van der Waals surface area contributed by atoms with Gasteiger partial charge in [0.25, 0.3) is 0 Å². The van der Waals surface area contributed by atoms with Gasteiger partial charge in [0, 0.05) is 23.8 Å². The summed E-state index contributed by atoms with van der Waals surface area (Å²) in [5, 5.41) is 8.56. The number of para-hydroxylation sites is 1. The van der Waals surface area contributed by atoms with Crippen LogP contribution in [-0.2, 0) is 5.41 Å². The molecule has 0 fully saturated rings. The van der Waals surface area contributed by atoms with Crippen LogP contribution in [0.2, 0.25) is 0 Å². The van der Waals surface area contributed by atoms with Crippen LogP contribution in [0.1, 0.15) is 19.4 Å². The van der Waals surface area contributed by atoms with Gasteiger partial charge in [0.05, 0.1) is 19.0 Å². The minimum atomic E-state index is -0.0791. The summed E-state index contributed by atoms with van der Waals surface area (Å²) >= 11 is 0. The summed E-state index contributed by atoms with van der Waals surface area (Å²) in [6.45, 7) is 4.42. The summed E-state index contributed by atoms with van der Waals surface area (Å²) in [7, 11) is 3.72. The molecule has 0 saturated carbocycles. The van der Waals surface area contributed by atoms with Crippen LogP contribution in [0.4, 0.5) is 11.4 Å². The molecule has 0 aromatic heterocycles. The lowest BCUT2D eigenvalue weighted by atomic mass is 9.84. The third-order valence-corrected chi connectivity index (χ3v) is 4.37. The van der Waals surface area contributed by atoms with Gasteiger partial charge in [0.2, 0.25) is 0 Å². The van der Waals surface area contributed by atoms with Gasteiger partial charge in [-0.05, 0) is 35.9 Å². The summed E-state index contributed by atoms with van der Waals surface area (Å²) < 4.78 is 5.14. The van der Waals surface area contributed by atoms with Gasteiger partial charge in [0.1, 0.15) is 5.75 Å². The summed E-state index contributed by atoms with van der Waals surface area (Å²) in [5.74, 6) is 0.814. The SMILES string of the molecule is COc1ccc(/N=N/C=C2/N(C)c3ccccc3C2(C)C)cc1. The number of nitrogens with zero attached hydrogens (tertiary/aromatic N) is 3. The van der Waals surface area contributed by atoms with Crippen molar-refractivity contribution < 1.29 is 4.74 Å². The highest BCUT2D eigenvalue weighted by molar-refractivity contribution is 5.69. The fourth-order valence-electron chi connectivity index (χ4n) is 3.03. The smallest absolute Gasteiger partial charge is 0.119 e. The molecular weight excluding hydrogens is 286 g/mol. The summed E-state index contributed by atoms with van der Waals surface area (Å²) in [6.07, 6.45) is 1.85. The van der Waals surface area contributed by atoms with Gasteiger partial charge in [-0.25, -0.2) is 0 Å². The van der Waals surface area contributed by atoms with Crippen molar-refractivity contribution in [2.45, 2.75) is 19.3 Å². The quantitative estimate of drug-likeness (QED) is 0.744. The Morgan fingerprint density at radius 2 is 1.74 bits per heavy atom. The van der Waals surface area contributed by atoms with E-state index in [1.165, 1.54) is 11.3 Å². The van der Waals surface area contributed by atoms with Crippen LogP contribution in [0.15, 0.2) is 70.7 Å². The molecule has 0 spiro atoms. The maximum atomic E-state index is 5.14. The highest BCUT2D eigenvalue weighted by Crippen LogP contribution is 2.46. The fraction of sp³-hybridized carbons (Fsp3) is 0.263. The van der Waals surface area contributed by atoms with E-state index < -0.39 is 0 Å². The Morgan fingerprint density at radius 3 is 2.39 bits per heavy atom. The first-order valence-corrected chi connectivity index (χ1v) is 7.63. The Labute approximate surface area is 137 Å². The number of hydrogen-bond acceptors (Lipinski definition) is 4. The minimum absolute atomic E-state index is 0.0791. The predicted molar refractivity (Wildman–Crippen MR) is 93.5 cm³/mol. The van der Waals surface area contributed by atoms with E-state index in [4.69, 9.17) is 4.74 Å². The summed E-state index contributed by atoms with van der Waals surface area (Å²) in [6, 6.07) is 16.0. The molecule has 2 aromatic rings. The number of allylic oxidation sites excluding steroid dienone is 1. The van der Waals surface area contributed by atoms with Crippen LogP contribution in [0.25, 0.3) is 0 Å². The number of methoxy groups -OCH3 is 1.